The number of hydrogen-bond acceptors (Lipinski definition) is 3. The Morgan fingerprint density at radius 2 is 2.18 bits per heavy atom. The number of hydrogen-bond donors (Lipinski definition) is 1. The van der Waals surface area contributed by atoms with Crippen LogP contribution < -0.4 is 5.32 Å². The highest BCUT2D eigenvalue weighted by atomic mass is 15.3. The third kappa shape index (κ3) is 2.74. The Morgan fingerprint density at radius 3 is 2.88 bits per heavy atom. The highest BCUT2D eigenvalue weighted by Gasteiger charge is 2.06. The predicted molar refractivity (Wildman–Crippen MR) is 67.7 cm³/mol. The Labute approximate surface area is 101 Å². The van der Waals surface area contributed by atoms with Crippen LogP contribution in [0.25, 0.3) is 11.3 Å². The molecule has 1 N–H and O–H groups in total. The Bertz CT molecular complexity index is 457. The zero-order valence-electron chi connectivity index (χ0n) is 10.4. The summed E-state index contributed by atoms with van der Waals surface area (Å²) in [6.07, 6.45) is 7.71. The van der Waals surface area contributed by atoms with E-state index in [9.17, 15) is 0 Å². The lowest BCUT2D eigenvalue weighted by molar-refractivity contribution is 0.616. The van der Waals surface area contributed by atoms with Crippen LogP contribution in [-0.2, 0) is 13.1 Å². The SMILES string of the molecule is CCNCCn1cncc1-c1cnn(CC)c1. The number of aromatic nitrogens is 4. The maximum atomic E-state index is 4.29. The summed E-state index contributed by atoms with van der Waals surface area (Å²) in [5.74, 6) is 0. The van der Waals surface area contributed by atoms with Gasteiger partial charge in [-0.25, -0.2) is 4.98 Å². The smallest absolute Gasteiger partial charge is 0.0951 e. The zero-order chi connectivity index (χ0) is 12.1. The van der Waals surface area contributed by atoms with Crippen molar-refractivity contribution < 1.29 is 0 Å². The van der Waals surface area contributed by atoms with Crippen LogP contribution in [0, 0.1) is 0 Å². The van der Waals surface area contributed by atoms with Gasteiger partial charge in [0.1, 0.15) is 0 Å². The summed E-state index contributed by atoms with van der Waals surface area (Å²) >= 11 is 0. The number of imidazole rings is 1. The average molecular weight is 233 g/mol. The van der Waals surface area contributed by atoms with Gasteiger partial charge < -0.3 is 9.88 Å². The van der Waals surface area contributed by atoms with Crippen LogP contribution in [0.3, 0.4) is 0 Å². The lowest BCUT2D eigenvalue weighted by atomic mass is 10.3. The topological polar surface area (TPSA) is 47.7 Å². The Kier molecular flexibility index (Phi) is 3.93. The van der Waals surface area contributed by atoms with E-state index >= 15 is 0 Å². The van der Waals surface area contributed by atoms with Crippen molar-refractivity contribution in [3.8, 4) is 11.3 Å². The van der Waals surface area contributed by atoms with Gasteiger partial charge in [0.25, 0.3) is 0 Å². The molecule has 0 saturated heterocycles. The second kappa shape index (κ2) is 5.63. The molecule has 0 unspecified atom stereocenters. The van der Waals surface area contributed by atoms with Gasteiger partial charge >= 0.3 is 0 Å². The Balaban J connectivity index is 2.12. The van der Waals surface area contributed by atoms with E-state index in [1.54, 1.807) is 0 Å². The van der Waals surface area contributed by atoms with Crippen molar-refractivity contribution in [2.75, 3.05) is 13.1 Å². The van der Waals surface area contributed by atoms with E-state index in [0.717, 1.165) is 37.4 Å². The largest absolute Gasteiger partial charge is 0.329 e. The van der Waals surface area contributed by atoms with Crippen LogP contribution in [0.5, 0.6) is 0 Å². The molecule has 0 aromatic carbocycles. The van der Waals surface area contributed by atoms with Crippen molar-refractivity contribution in [1.82, 2.24) is 24.6 Å². The lowest BCUT2D eigenvalue weighted by Gasteiger charge is -2.06. The van der Waals surface area contributed by atoms with Crippen molar-refractivity contribution in [3.63, 3.8) is 0 Å². The van der Waals surface area contributed by atoms with Gasteiger partial charge in [0.2, 0.25) is 0 Å². The molecule has 2 heterocycles. The van der Waals surface area contributed by atoms with Gasteiger partial charge in [-0.15, -0.1) is 0 Å². The standard InChI is InChI=1S/C12H19N5/c1-3-13-5-6-16-10-14-8-12(16)11-7-15-17(4-2)9-11/h7-10,13H,3-6H2,1-2H3. The average Bonchev–Trinajstić information content (AvgIpc) is 2.96. The zero-order valence-corrected chi connectivity index (χ0v) is 10.4. The number of nitrogens with one attached hydrogen (secondary N) is 1. The fraction of sp³-hybridized carbons (Fsp3) is 0.500. The lowest BCUT2D eigenvalue weighted by Crippen LogP contribution is -2.19. The highest BCUT2D eigenvalue weighted by Crippen LogP contribution is 2.17. The molecule has 5 nitrogen and oxygen atoms in total. The van der Waals surface area contributed by atoms with Crippen molar-refractivity contribution in [2.24, 2.45) is 0 Å². The van der Waals surface area contributed by atoms with Gasteiger partial charge in [0.05, 0.1) is 24.4 Å². The first-order valence-corrected chi connectivity index (χ1v) is 6.08. The molecule has 0 spiro atoms. The predicted octanol–water partition coefficient (Wildman–Crippen LogP) is 1.38. The maximum absolute atomic E-state index is 4.29. The fourth-order valence-corrected chi connectivity index (χ4v) is 1.78. The first-order valence-electron chi connectivity index (χ1n) is 6.08. The quantitative estimate of drug-likeness (QED) is 0.767. The molecule has 2 rings (SSSR count). The van der Waals surface area contributed by atoms with E-state index in [2.05, 4.69) is 40.0 Å². The third-order valence-electron chi connectivity index (χ3n) is 2.74. The number of rotatable bonds is 6. The fourth-order valence-electron chi connectivity index (χ4n) is 1.78. The van der Waals surface area contributed by atoms with Gasteiger partial charge in [0.15, 0.2) is 0 Å². The van der Waals surface area contributed by atoms with Gasteiger partial charge in [0, 0.05) is 31.4 Å². The summed E-state index contributed by atoms with van der Waals surface area (Å²) in [6, 6.07) is 0. The normalized spacial score (nSPS) is 10.9. The van der Waals surface area contributed by atoms with Crippen LogP contribution in [0.15, 0.2) is 24.9 Å². The molecule has 0 radical (unpaired) electrons. The minimum absolute atomic E-state index is 0.894. The van der Waals surface area contributed by atoms with Gasteiger partial charge in [-0.2, -0.15) is 5.10 Å². The molecule has 17 heavy (non-hydrogen) atoms. The summed E-state index contributed by atoms with van der Waals surface area (Å²) in [6.45, 7) is 7.98. The molecule has 2 aromatic heterocycles. The number of likely N-dealkylation sites (N-methyl/N-ethyl adjacent to an activating group) is 1. The molecule has 2 aromatic rings. The molecule has 0 atom stereocenters. The van der Waals surface area contributed by atoms with E-state index in [4.69, 9.17) is 0 Å². The molecule has 0 bridgehead atoms. The summed E-state index contributed by atoms with van der Waals surface area (Å²) in [4.78, 5) is 4.21. The first kappa shape index (κ1) is 11.9. The molecular formula is C12H19N5. The minimum Gasteiger partial charge on any atom is -0.329 e. The molecule has 0 fully saturated rings. The van der Waals surface area contributed by atoms with Crippen LogP contribution in [0.1, 0.15) is 13.8 Å². The molecule has 5 heteroatoms. The second-order valence-corrected chi connectivity index (χ2v) is 3.91. The summed E-state index contributed by atoms with van der Waals surface area (Å²) in [7, 11) is 0. The van der Waals surface area contributed by atoms with Crippen LogP contribution in [0.4, 0.5) is 0 Å². The van der Waals surface area contributed by atoms with E-state index in [0.29, 0.717) is 0 Å². The molecule has 0 aliphatic rings. The number of nitrogens with zero attached hydrogens (tertiary/aromatic N) is 4. The minimum atomic E-state index is 0.894. The first-order chi connectivity index (χ1) is 8.35. The van der Waals surface area contributed by atoms with Crippen molar-refractivity contribution in [1.29, 1.82) is 0 Å². The summed E-state index contributed by atoms with van der Waals surface area (Å²) < 4.78 is 4.08. The Morgan fingerprint density at radius 1 is 1.29 bits per heavy atom. The number of aryl methyl sites for hydroxylation is 1. The molecule has 0 aliphatic heterocycles. The molecular weight excluding hydrogens is 214 g/mol. The van der Waals surface area contributed by atoms with Crippen LogP contribution >= 0.6 is 0 Å². The summed E-state index contributed by atoms with van der Waals surface area (Å²) in [5.41, 5.74) is 2.25. The van der Waals surface area contributed by atoms with Crippen molar-refractivity contribution in [3.05, 3.63) is 24.9 Å². The van der Waals surface area contributed by atoms with Crippen molar-refractivity contribution >= 4 is 0 Å². The van der Waals surface area contributed by atoms with Gasteiger partial charge in [-0.05, 0) is 13.5 Å². The highest BCUT2D eigenvalue weighted by molar-refractivity contribution is 5.56. The monoisotopic (exact) mass is 233 g/mol. The molecule has 92 valence electrons. The second-order valence-electron chi connectivity index (χ2n) is 3.91. The van der Waals surface area contributed by atoms with Crippen molar-refractivity contribution in [2.45, 2.75) is 26.9 Å². The van der Waals surface area contributed by atoms with Crippen LogP contribution in [-0.4, -0.2) is 32.4 Å². The molecule has 0 amide bonds. The van der Waals surface area contributed by atoms with E-state index in [-0.39, 0.29) is 0 Å². The third-order valence-corrected chi connectivity index (χ3v) is 2.74. The van der Waals surface area contributed by atoms with Crippen LogP contribution in [0.2, 0.25) is 0 Å². The molecule has 0 saturated carbocycles. The van der Waals surface area contributed by atoms with Gasteiger partial charge in [-0.3, -0.25) is 4.68 Å². The van der Waals surface area contributed by atoms with Gasteiger partial charge in [-0.1, -0.05) is 6.92 Å². The summed E-state index contributed by atoms with van der Waals surface area (Å²) in [5, 5.41) is 7.60. The molecule has 0 aliphatic carbocycles. The maximum Gasteiger partial charge on any atom is 0.0951 e. The van der Waals surface area contributed by atoms with E-state index in [1.807, 2.05) is 23.4 Å². The Hall–Kier alpha value is -1.62. The van der Waals surface area contributed by atoms with E-state index in [1.165, 1.54) is 0 Å². The van der Waals surface area contributed by atoms with E-state index < -0.39 is 0 Å².